The lowest BCUT2D eigenvalue weighted by Gasteiger charge is -2.34. The zero-order valence-electron chi connectivity index (χ0n) is 32.8. The molecule has 0 bridgehead atoms. The third-order valence-electron chi connectivity index (χ3n) is 9.71. The fraction of sp³-hybridized carbons (Fsp3) is 0.476. The van der Waals surface area contributed by atoms with Crippen LogP contribution in [0.4, 0.5) is 0 Å². The number of aromatic nitrogens is 1. The summed E-state index contributed by atoms with van der Waals surface area (Å²) in [5, 5.41) is 15.0. The van der Waals surface area contributed by atoms with Crippen LogP contribution in [-0.4, -0.2) is 89.8 Å². The van der Waals surface area contributed by atoms with Crippen LogP contribution in [0.15, 0.2) is 85.2 Å². The monoisotopic (exact) mass is 741 g/mol. The molecule has 3 aromatic rings. The summed E-state index contributed by atoms with van der Waals surface area (Å²) in [5.74, 6) is -2.01. The third kappa shape index (κ3) is 13.4. The van der Waals surface area contributed by atoms with Crippen LogP contribution in [-0.2, 0) is 32.0 Å². The van der Waals surface area contributed by atoms with Gasteiger partial charge in [0.1, 0.15) is 18.1 Å². The van der Waals surface area contributed by atoms with E-state index >= 15 is 0 Å². The van der Waals surface area contributed by atoms with Gasteiger partial charge in [-0.1, -0.05) is 94.8 Å². The fourth-order valence-corrected chi connectivity index (χ4v) is 6.11. The van der Waals surface area contributed by atoms with Crippen LogP contribution in [0.3, 0.4) is 0 Å². The number of hydrogen-bond acceptors (Lipinski definition) is 7. The van der Waals surface area contributed by atoms with Gasteiger partial charge in [0, 0.05) is 44.1 Å². The highest BCUT2D eigenvalue weighted by atomic mass is 16.2. The van der Waals surface area contributed by atoms with Gasteiger partial charge < -0.3 is 31.5 Å². The quantitative estimate of drug-likeness (QED) is 0.111. The fourth-order valence-electron chi connectivity index (χ4n) is 6.11. The second-order valence-electron chi connectivity index (χ2n) is 14.2. The van der Waals surface area contributed by atoms with Gasteiger partial charge in [0.15, 0.2) is 0 Å². The van der Waals surface area contributed by atoms with E-state index in [4.69, 9.17) is 0 Å². The number of aryl methyl sites for hydroxylation is 1. The Morgan fingerprint density at radius 1 is 0.722 bits per heavy atom. The van der Waals surface area contributed by atoms with Gasteiger partial charge in [-0.25, -0.2) is 0 Å². The molecule has 0 radical (unpaired) electrons. The Labute approximate surface area is 320 Å². The molecule has 0 spiro atoms. The second kappa shape index (κ2) is 22.2. The highest BCUT2D eigenvalue weighted by Crippen LogP contribution is 2.17. The molecule has 54 heavy (non-hydrogen) atoms. The molecule has 0 aliphatic carbocycles. The molecule has 0 saturated heterocycles. The molecule has 0 aliphatic heterocycles. The van der Waals surface area contributed by atoms with Crippen molar-refractivity contribution in [3.8, 4) is 0 Å². The number of benzene rings is 2. The smallest absolute Gasteiger partial charge is 0.252 e. The number of likely N-dealkylation sites (N-methyl/N-ethyl adjacent to an activating group) is 2. The van der Waals surface area contributed by atoms with E-state index in [1.807, 2.05) is 95.3 Å². The van der Waals surface area contributed by atoms with Crippen molar-refractivity contribution in [1.29, 1.82) is 0 Å². The van der Waals surface area contributed by atoms with Crippen LogP contribution in [0.2, 0.25) is 0 Å². The molecule has 292 valence electrons. The molecular formula is C42H59N7O5. The van der Waals surface area contributed by atoms with E-state index in [0.29, 0.717) is 37.8 Å². The summed E-state index contributed by atoms with van der Waals surface area (Å²) in [6, 6.07) is 19.1. The van der Waals surface area contributed by atoms with Crippen molar-refractivity contribution < 1.29 is 24.0 Å². The molecule has 1 aromatic heterocycles. The molecule has 0 fully saturated rings. The minimum atomic E-state index is -0.872. The van der Waals surface area contributed by atoms with Crippen molar-refractivity contribution in [2.24, 2.45) is 11.8 Å². The van der Waals surface area contributed by atoms with Crippen molar-refractivity contribution in [1.82, 2.24) is 36.5 Å². The van der Waals surface area contributed by atoms with Crippen molar-refractivity contribution >= 4 is 29.5 Å². The number of nitrogens with one attached hydrogen (secondary N) is 5. The summed E-state index contributed by atoms with van der Waals surface area (Å²) in [7, 11) is 1.61. The number of carbonyl (C=O) groups excluding carboxylic acids is 5. The van der Waals surface area contributed by atoms with Crippen LogP contribution in [0.25, 0.3) is 0 Å². The third-order valence-corrected chi connectivity index (χ3v) is 9.71. The van der Waals surface area contributed by atoms with Gasteiger partial charge in [0.2, 0.25) is 23.6 Å². The van der Waals surface area contributed by atoms with E-state index in [1.54, 1.807) is 26.1 Å². The first kappa shape index (κ1) is 43.3. The highest BCUT2D eigenvalue weighted by Gasteiger charge is 2.35. The maximum absolute atomic E-state index is 14.4. The zero-order valence-corrected chi connectivity index (χ0v) is 32.8. The first-order valence-electron chi connectivity index (χ1n) is 19.0. The van der Waals surface area contributed by atoms with Crippen molar-refractivity contribution in [2.45, 2.75) is 97.4 Å². The van der Waals surface area contributed by atoms with E-state index < -0.39 is 36.1 Å². The number of carbonyl (C=O) groups is 5. The highest BCUT2D eigenvalue weighted by molar-refractivity contribution is 5.98. The molecule has 12 heteroatoms. The van der Waals surface area contributed by atoms with E-state index in [-0.39, 0.29) is 42.0 Å². The van der Waals surface area contributed by atoms with Crippen molar-refractivity contribution in [2.75, 3.05) is 20.1 Å². The van der Waals surface area contributed by atoms with Gasteiger partial charge in [-0.05, 0) is 68.2 Å². The van der Waals surface area contributed by atoms with Crippen LogP contribution < -0.4 is 26.6 Å². The number of pyridine rings is 1. The van der Waals surface area contributed by atoms with Crippen LogP contribution in [0.5, 0.6) is 0 Å². The summed E-state index contributed by atoms with van der Waals surface area (Å²) in [4.78, 5) is 73.2. The number of amides is 5. The zero-order chi connectivity index (χ0) is 39.6. The van der Waals surface area contributed by atoms with E-state index in [0.717, 1.165) is 11.1 Å². The topological polar surface area (TPSA) is 162 Å². The average Bonchev–Trinajstić information content (AvgIpc) is 3.18. The minimum Gasteiger partial charge on any atom is -0.355 e. The summed E-state index contributed by atoms with van der Waals surface area (Å²) in [6.45, 7) is 11.8. The molecule has 2 aromatic carbocycles. The first-order valence-corrected chi connectivity index (χ1v) is 19.0. The summed E-state index contributed by atoms with van der Waals surface area (Å²) >= 11 is 0. The number of rotatable bonds is 21. The lowest BCUT2D eigenvalue weighted by atomic mass is 9.95. The van der Waals surface area contributed by atoms with Gasteiger partial charge in [-0.3, -0.25) is 29.0 Å². The van der Waals surface area contributed by atoms with E-state index in [1.165, 1.54) is 17.3 Å². The predicted molar refractivity (Wildman–Crippen MR) is 211 cm³/mol. The molecule has 5 amide bonds. The Balaban J connectivity index is 1.85. The van der Waals surface area contributed by atoms with Gasteiger partial charge in [0.05, 0.1) is 6.04 Å². The number of hydrogen-bond donors (Lipinski definition) is 5. The lowest BCUT2D eigenvalue weighted by Crippen LogP contribution is -2.58. The maximum Gasteiger partial charge on any atom is 0.252 e. The Bertz CT molecular complexity index is 1620. The maximum atomic E-state index is 14.4. The summed E-state index contributed by atoms with van der Waals surface area (Å²) in [5.41, 5.74) is 2.39. The molecule has 6 atom stereocenters. The Kier molecular flexibility index (Phi) is 17.8. The Morgan fingerprint density at radius 2 is 1.33 bits per heavy atom. The van der Waals surface area contributed by atoms with Gasteiger partial charge >= 0.3 is 0 Å². The molecule has 12 nitrogen and oxygen atoms in total. The van der Waals surface area contributed by atoms with Crippen molar-refractivity contribution in [3.05, 3.63) is 102 Å². The summed E-state index contributed by atoms with van der Waals surface area (Å²) in [6.07, 6.45) is 5.00. The molecule has 5 N–H and O–H groups in total. The lowest BCUT2D eigenvalue weighted by molar-refractivity contribution is -0.141. The van der Waals surface area contributed by atoms with Gasteiger partial charge in [-0.15, -0.1) is 0 Å². The van der Waals surface area contributed by atoms with Gasteiger partial charge in [0.25, 0.3) is 5.91 Å². The average molecular weight is 742 g/mol. The van der Waals surface area contributed by atoms with E-state index in [2.05, 4.69) is 31.6 Å². The van der Waals surface area contributed by atoms with E-state index in [9.17, 15) is 24.0 Å². The minimum absolute atomic E-state index is 0.116. The second-order valence-corrected chi connectivity index (χ2v) is 14.2. The number of nitrogens with zero attached hydrogens (tertiary/aromatic N) is 2. The molecule has 3 rings (SSSR count). The predicted octanol–water partition coefficient (Wildman–Crippen LogP) is 3.67. The van der Waals surface area contributed by atoms with Crippen molar-refractivity contribution in [3.63, 3.8) is 0 Å². The van der Waals surface area contributed by atoms with Crippen LogP contribution >= 0.6 is 0 Å². The Morgan fingerprint density at radius 3 is 1.91 bits per heavy atom. The molecule has 1 heterocycles. The largest absolute Gasteiger partial charge is 0.355 e. The van der Waals surface area contributed by atoms with Crippen LogP contribution in [0, 0.1) is 11.8 Å². The van der Waals surface area contributed by atoms with Gasteiger partial charge in [-0.2, -0.15) is 0 Å². The molecule has 0 aliphatic rings. The van der Waals surface area contributed by atoms with Crippen LogP contribution in [0.1, 0.15) is 75.9 Å². The summed E-state index contributed by atoms with van der Waals surface area (Å²) < 4.78 is 0. The molecule has 4 unspecified atom stereocenters. The normalized spacial score (nSPS) is 14.4. The molecule has 0 saturated carbocycles. The SMILES string of the molecule is CCNC(=O)C(NC(=O)[C@H](C)NCC(Cc1ccccc1)NC(=O)[C@H](CCc1ccccc1)N(C)C(=O)C(NC(=O)c1ccncc1)C(C)CC)C(C)C. The Hall–Kier alpha value is -5.10. The molecular weight excluding hydrogens is 683 g/mol. The standard InChI is InChI=1S/C42H59N7O5/c1-8-29(5)37(48-39(51)33-22-24-43-25-23-33)42(54)49(7)35(21-20-31-16-12-10-13-17-31)40(52)46-34(26-32-18-14-11-15-19-32)27-45-30(6)38(50)47-36(28(3)4)41(53)44-9-2/h10-19,22-25,28-30,34-37,45H,8-9,20-21,26-27H2,1-7H3,(H,44,53)(H,46,52)(H,47,50)(H,48,51)/t29?,30-,34?,35-,36?,37?/m0/s1. The first-order chi connectivity index (χ1) is 25.9.